The van der Waals surface area contributed by atoms with Gasteiger partial charge in [-0.3, -0.25) is 4.79 Å². The summed E-state index contributed by atoms with van der Waals surface area (Å²) in [6, 6.07) is 6.60. The summed E-state index contributed by atoms with van der Waals surface area (Å²) < 4.78 is 95.3. The van der Waals surface area contributed by atoms with E-state index in [0.717, 1.165) is 17.9 Å². The highest BCUT2D eigenvalue weighted by Crippen LogP contribution is 2.41. The van der Waals surface area contributed by atoms with Gasteiger partial charge in [-0.1, -0.05) is 6.07 Å². The summed E-state index contributed by atoms with van der Waals surface area (Å²) in [6.07, 6.45) is -7.75. The smallest absolute Gasteiger partial charge is 0.396 e. The Labute approximate surface area is 292 Å². The first-order valence-electron chi connectivity index (χ1n) is 16.1. The van der Waals surface area contributed by atoms with Gasteiger partial charge in [0.15, 0.2) is 0 Å². The number of hydrogen-bond donors (Lipinski definition) is 5. The number of aliphatic hydroxyl groups excluding tert-OH is 4. The van der Waals surface area contributed by atoms with E-state index in [2.05, 4.69) is 10.3 Å². The number of aryl methyl sites for hydroxylation is 1. The molecule has 0 aliphatic rings. The van der Waals surface area contributed by atoms with E-state index < -0.39 is 46.2 Å². The second-order valence-corrected chi connectivity index (χ2v) is 12.1. The first-order valence-corrected chi connectivity index (χ1v) is 16.1. The molecule has 9 nitrogen and oxygen atoms in total. The van der Waals surface area contributed by atoms with Crippen molar-refractivity contribution in [1.82, 2.24) is 10.3 Å². The molecule has 0 aliphatic heterocycles. The quantitative estimate of drug-likeness (QED) is 0.105. The molecule has 0 radical (unpaired) electrons. The molecular formula is C35H45F7N4O5. The second-order valence-electron chi connectivity index (χ2n) is 12.1. The molecule has 0 bridgehead atoms. The molecule has 5 N–H and O–H groups in total. The highest BCUT2D eigenvalue weighted by Gasteiger charge is 2.41. The standard InChI is InChI=1S/C30H32F7N3O3.C5H13NO2/c1-18-12-22(31)6-7-23(18)24-16-26(40(9-11-42)8-5-10-41)38-17-25(24)39(4)27(43)28(2,3)19-13-20(29(32,33)34)15-21(14-19)30(35,36)37;7-4-1-2-6-3-5-8/h6-7,12-17,41-42H,5,8-11H2,1-4H3;6-8H,1-5H2. The number of benzene rings is 2. The lowest BCUT2D eigenvalue weighted by atomic mass is 9.81. The molecule has 1 heterocycles. The molecule has 0 atom stereocenters. The summed E-state index contributed by atoms with van der Waals surface area (Å²) in [5.74, 6) is -0.988. The number of halogens is 7. The zero-order valence-electron chi connectivity index (χ0n) is 28.9. The van der Waals surface area contributed by atoms with Gasteiger partial charge in [0, 0.05) is 45.5 Å². The Balaban J connectivity index is 0.00000100. The van der Waals surface area contributed by atoms with Gasteiger partial charge in [-0.05, 0) is 93.2 Å². The summed E-state index contributed by atoms with van der Waals surface area (Å²) in [5, 5.41) is 38.3. The van der Waals surface area contributed by atoms with Crippen molar-refractivity contribution in [2.24, 2.45) is 0 Å². The van der Waals surface area contributed by atoms with Crippen molar-refractivity contribution < 1.29 is 56.0 Å². The van der Waals surface area contributed by atoms with Gasteiger partial charge in [-0.2, -0.15) is 26.3 Å². The molecule has 3 aromatic rings. The van der Waals surface area contributed by atoms with Crippen LogP contribution in [-0.4, -0.2) is 91.0 Å². The molecule has 0 fully saturated rings. The van der Waals surface area contributed by atoms with E-state index in [9.17, 15) is 45.7 Å². The number of nitrogens with one attached hydrogen (secondary N) is 1. The fourth-order valence-corrected chi connectivity index (χ4v) is 5.12. The van der Waals surface area contributed by atoms with Crippen molar-refractivity contribution in [1.29, 1.82) is 0 Å². The number of nitrogens with zero attached hydrogens (tertiary/aromatic N) is 3. The zero-order valence-corrected chi connectivity index (χ0v) is 28.9. The van der Waals surface area contributed by atoms with Gasteiger partial charge in [0.1, 0.15) is 11.6 Å². The highest BCUT2D eigenvalue weighted by atomic mass is 19.4. The van der Waals surface area contributed by atoms with Crippen molar-refractivity contribution in [2.45, 2.75) is 51.4 Å². The highest BCUT2D eigenvalue weighted by molar-refractivity contribution is 6.03. The van der Waals surface area contributed by atoms with Crippen LogP contribution in [0.3, 0.4) is 0 Å². The van der Waals surface area contributed by atoms with Crippen LogP contribution in [0.2, 0.25) is 0 Å². The molecule has 0 saturated carbocycles. The second kappa shape index (κ2) is 19.1. The van der Waals surface area contributed by atoms with Crippen molar-refractivity contribution in [2.75, 3.05) is 69.5 Å². The Morgan fingerprint density at radius 1 is 0.765 bits per heavy atom. The van der Waals surface area contributed by atoms with E-state index in [-0.39, 0.29) is 44.7 Å². The molecule has 0 spiro atoms. The van der Waals surface area contributed by atoms with Crippen LogP contribution in [0.15, 0.2) is 48.7 Å². The van der Waals surface area contributed by atoms with Crippen LogP contribution in [0.1, 0.15) is 48.9 Å². The van der Waals surface area contributed by atoms with Gasteiger partial charge >= 0.3 is 12.4 Å². The summed E-state index contributed by atoms with van der Waals surface area (Å²) in [6.45, 7) is 6.02. The lowest BCUT2D eigenvalue weighted by Crippen LogP contribution is -2.42. The van der Waals surface area contributed by atoms with E-state index in [1.54, 1.807) is 17.9 Å². The number of carbonyl (C=O) groups is 1. The van der Waals surface area contributed by atoms with E-state index >= 15 is 0 Å². The lowest BCUT2D eigenvalue weighted by molar-refractivity contribution is -0.143. The maximum atomic E-state index is 14.0. The Hall–Kier alpha value is -3.83. The Bertz CT molecular complexity index is 1530. The lowest BCUT2D eigenvalue weighted by Gasteiger charge is -2.32. The van der Waals surface area contributed by atoms with Gasteiger partial charge in [-0.25, -0.2) is 9.37 Å². The van der Waals surface area contributed by atoms with E-state index in [4.69, 9.17) is 10.2 Å². The molecule has 1 amide bonds. The van der Waals surface area contributed by atoms with E-state index in [1.165, 1.54) is 45.3 Å². The Morgan fingerprint density at radius 2 is 1.35 bits per heavy atom. The van der Waals surface area contributed by atoms with Gasteiger partial charge in [0.25, 0.3) is 0 Å². The number of rotatable bonds is 15. The number of carbonyl (C=O) groups excluding carboxylic acids is 1. The minimum absolute atomic E-state index is 0.000750. The van der Waals surface area contributed by atoms with Crippen LogP contribution in [0, 0.1) is 12.7 Å². The van der Waals surface area contributed by atoms with Crippen molar-refractivity contribution in [3.63, 3.8) is 0 Å². The fourth-order valence-electron chi connectivity index (χ4n) is 5.12. The number of likely N-dealkylation sites (N-methyl/N-ethyl adjacent to an activating group) is 1. The third-order valence-corrected chi connectivity index (χ3v) is 7.94. The van der Waals surface area contributed by atoms with Crippen molar-refractivity contribution >= 4 is 17.4 Å². The number of aromatic nitrogens is 1. The monoisotopic (exact) mass is 734 g/mol. The SMILES string of the molecule is Cc1cc(F)ccc1-c1cc(N(CCO)CCCO)ncc1N(C)C(=O)C(C)(C)c1cc(C(F)(F)F)cc(C(F)(F)F)c1.OCCCNCCO. The summed E-state index contributed by atoms with van der Waals surface area (Å²) >= 11 is 0. The molecule has 1 aromatic heterocycles. The molecular weight excluding hydrogens is 689 g/mol. The van der Waals surface area contributed by atoms with Crippen LogP contribution in [0.4, 0.5) is 42.2 Å². The number of aliphatic hydroxyl groups is 4. The summed E-state index contributed by atoms with van der Waals surface area (Å²) in [5.41, 5.74) is -3.94. The first-order chi connectivity index (χ1) is 23.8. The molecule has 16 heteroatoms. The topological polar surface area (TPSA) is 129 Å². The third kappa shape index (κ3) is 12.1. The van der Waals surface area contributed by atoms with E-state index in [1.807, 2.05) is 0 Å². The number of hydrogen-bond acceptors (Lipinski definition) is 8. The third-order valence-electron chi connectivity index (χ3n) is 7.94. The van der Waals surface area contributed by atoms with Crippen LogP contribution in [-0.2, 0) is 22.6 Å². The van der Waals surface area contributed by atoms with Crippen LogP contribution >= 0.6 is 0 Å². The summed E-state index contributed by atoms with van der Waals surface area (Å²) in [4.78, 5) is 21.1. The molecule has 0 aliphatic carbocycles. The van der Waals surface area contributed by atoms with Crippen molar-refractivity contribution in [3.8, 4) is 11.1 Å². The predicted molar refractivity (Wildman–Crippen MR) is 180 cm³/mol. The van der Waals surface area contributed by atoms with Crippen LogP contribution < -0.4 is 15.1 Å². The first kappa shape index (κ1) is 43.3. The maximum Gasteiger partial charge on any atom is 0.416 e. The Kier molecular flexibility index (Phi) is 16.3. The minimum atomic E-state index is -5.09. The number of alkyl halides is 6. The van der Waals surface area contributed by atoms with Crippen LogP contribution in [0.25, 0.3) is 11.1 Å². The zero-order chi connectivity index (χ0) is 38.6. The largest absolute Gasteiger partial charge is 0.416 e. The van der Waals surface area contributed by atoms with Gasteiger partial charge in [0.2, 0.25) is 5.91 Å². The fraction of sp³-hybridized carbons (Fsp3) is 0.486. The molecule has 0 saturated heterocycles. The normalized spacial score (nSPS) is 12.0. The van der Waals surface area contributed by atoms with Crippen LogP contribution in [0.5, 0.6) is 0 Å². The molecule has 284 valence electrons. The molecule has 2 aromatic carbocycles. The predicted octanol–water partition coefficient (Wildman–Crippen LogP) is 5.31. The van der Waals surface area contributed by atoms with E-state index in [0.29, 0.717) is 54.2 Å². The molecule has 0 unspecified atom stereocenters. The number of anilines is 2. The molecule has 51 heavy (non-hydrogen) atoms. The average molecular weight is 735 g/mol. The number of amides is 1. The van der Waals surface area contributed by atoms with Gasteiger partial charge in [-0.15, -0.1) is 0 Å². The maximum absolute atomic E-state index is 14.0. The van der Waals surface area contributed by atoms with Gasteiger partial charge in [0.05, 0.1) is 41.6 Å². The number of pyridine rings is 1. The Morgan fingerprint density at radius 3 is 1.86 bits per heavy atom. The van der Waals surface area contributed by atoms with Gasteiger partial charge < -0.3 is 35.5 Å². The summed E-state index contributed by atoms with van der Waals surface area (Å²) in [7, 11) is 1.32. The molecule has 3 rings (SSSR count). The minimum Gasteiger partial charge on any atom is -0.396 e. The van der Waals surface area contributed by atoms with Crippen molar-refractivity contribution in [3.05, 3.63) is 76.7 Å². The average Bonchev–Trinajstić information content (AvgIpc) is 3.07.